The van der Waals surface area contributed by atoms with Gasteiger partial charge in [-0.25, -0.2) is 44.9 Å². The normalized spacial score (nSPS) is 11.2. The second kappa shape index (κ2) is 32.1. The zero-order chi connectivity index (χ0) is 57.8. The highest BCUT2D eigenvalue weighted by Crippen LogP contribution is 2.17. The van der Waals surface area contributed by atoms with Gasteiger partial charge in [-0.3, -0.25) is 33.6 Å². The van der Waals surface area contributed by atoms with E-state index in [-0.39, 0.29) is 118 Å². The summed E-state index contributed by atoms with van der Waals surface area (Å²) in [6.07, 6.45) is 7.76. The highest BCUT2D eigenvalue weighted by Gasteiger charge is 2.24. The molecule has 0 radical (unpaired) electrons. The number of ether oxygens (including phenoxy) is 3. The van der Waals surface area contributed by atoms with E-state index in [0.29, 0.717) is 63.0 Å². The minimum Gasteiger partial charge on any atom is -0.382 e. The van der Waals surface area contributed by atoms with Gasteiger partial charge in [0.1, 0.15) is 62.4 Å². The van der Waals surface area contributed by atoms with E-state index >= 15 is 0 Å². The van der Waals surface area contributed by atoms with Crippen molar-refractivity contribution in [1.29, 1.82) is 0 Å². The Morgan fingerprint density at radius 2 is 0.899 bits per heavy atom. The third kappa shape index (κ3) is 19.3. The van der Waals surface area contributed by atoms with Crippen LogP contribution in [0.15, 0.2) is 38.0 Å². The summed E-state index contributed by atoms with van der Waals surface area (Å²) in [4.78, 5) is 132. The summed E-state index contributed by atoms with van der Waals surface area (Å²) in [5.74, 6) is -3.22. The Bertz CT molecular complexity index is 2990. The number of aromatic nitrogens is 12. The number of nitrogens with zero attached hydrogens (tertiary/aromatic N) is 15. The largest absolute Gasteiger partial charge is 0.382 e. The van der Waals surface area contributed by atoms with Crippen LogP contribution in [0.5, 0.6) is 0 Å². The van der Waals surface area contributed by atoms with Crippen LogP contribution < -0.4 is 50.2 Å². The van der Waals surface area contributed by atoms with Crippen LogP contribution in [0.4, 0.5) is 21.9 Å². The van der Waals surface area contributed by atoms with Crippen LogP contribution in [0.1, 0.15) is 6.92 Å². The fourth-order valence-corrected chi connectivity index (χ4v) is 7.17. The lowest BCUT2D eigenvalue weighted by molar-refractivity contribution is -0.137. The summed E-state index contributed by atoms with van der Waals surface area (Å²) in [5, 5.41) is 7.92. The number of fused-ring (bicyclic) bond motifs is 3. The fourth-order valence-electron chi connectivity index (χ4n) is 7.17. The zero-order valence-corrected chi connectivity index (χ0v) is 43.3. The molecule has 0 saturated carbocycles. The average Bonchev–Trinajstić information content (AvgIpc) is 4.17. The number of imidazole rings is 3. The molecule has 0 aliphatic heterocycles. The predicted molar refractivity (Wildman–Crippen MR) is 278 cm³/mol. The van der Waals surface area contributed by atoms with E-state index in [9.17, 15) is 38.0 Å². The van der Waals surface area contributed by atoms with E-state index in [4.69, 9.17) is 38.6 Å². The van der Waals surface area contributed by atoms with Gasteiger partial charge >= 0.3 is 0 Å². The topological polar surface area (TPSA) is 466 Å². The van der Waals surface area contributed by atoms with Gasteiger partial charge in [0.25, 0.3) is 0 Å². The first-order valence-electron chi connectivity index (χ1n) is 24.9. The number of nitrogens with two attached hydrogens (primary N) is 5. The van der Waals surface area contributed by atoms with Crippen LogP contribution in [-0.4, -0.2) is 233 Å². The number of hydrogen-bond donors (Lipinski definition) is 9. The van der Waals surface area contributed by atoms with Gasteiger partial charge in [0, 0.05) is 52.4 Å². The number of nitrogen functional groups attached to an aromatic ring is 3. The second-order valence-corrected chi connectivity index (χ2v) is 16.8. The predicted octanol–water partition coefficient (Wildman–Crippen LogP) is -5.90. The number of rotatable bonds is 34. The van der Waals surface area contributed by atoms with Crippen molar-refractivity contribution < 1.29 is 53.7 Å². The van der Waals surface area contributed by atoms with Crippen molar-refractivity contribution >= 4 is 92.2 Å². The molecule has 428 valence electrons. The fraction of sp³-hybridized carbons (Fsp3) is 0.500. The molecule has 6 aromatic rings. The van der Waals surface area contributed by atoms with E-state index in [1.807, 2.05) is 0 Å². The molecule has 0 fully saturated rings. The molecule has 0 aromatic carbocycles. The molecule has 6 aromatic heterocycles. The molecule has 0 bridgehead atoms. The number of ketones is 1. The highest BCUT2D eigenvalue weighted by atomic mass is 19.2. The molecule has 34 nitrogen and oxygen atoms in total. The van der Waals surface area contributed by atoms with E-state index in [0.717, 1.165) is 0 Å². The summed E-state index contributed by atoms with van der Waals surface area (Å²) < 4.78 is 37.6. The maximum absolute atomic E-state index is 13.8. The standard InChI is InChI=1S/C36H46N22O7.C8H19FN2O3/c1-21(59)9-53(25(63)12-56-18-50-28-31(38)44-15-47-34(28)56)5-3-42-23(61)11-55(27(65)14-58-20-52-30-33(40)46-17-49-36(30)58)7-4-43-24(62)10-54(6-2-41-22(60)8-37)26(64)13-57-19-51-29-32(39)45-16-48-35(29)57;9-11-2-4-13-6-8-14-7-5-12-3-1-10/h15-20H,2-14,37H2,1H3,(H,41,60)(H,42,61)(H,43,62)(H2,38,44,47)(H2,39,45,48)(H2,40,46,49);11H,1-8,10H2/i/hT. The van der Waals surface area contributed by atoms with Crippen LogP contribution in [0.2, 0.25) is 1.41 Å². The minimum absolute atomic E-state index is 0.0147. The first-order chi connectivity index (χ1) is 38.6. The first-order valence-corrected chi connectivity index (χ1v) is 24.4. The maximum atomic E-state index is 13.8. The second-order valence-electron chi connectivity index (χ2n) is 16.8. The van der Waals surface area contributed by atoms with Crippen molar-refractivity contribution in [2.24, 2.45) is 11.5 Å². The molecule has 0 aliphatic carbocycles. The van der Waals surface area contributed by atoms with Crippen LogP contribution in [-0.2, 0) is 67.4 Å². The van der Waals surface area contributed by atoms with Crippen molar-refractivity contribution in [3.8, 4) is 0 Å². The Morgan fingerprint density at radius 3 is 1.27 bits per heavy atom. The number of halogens is 1. The molecular weight excluding hydrogens is 1040 g/mol. The molecule has 6 rings (SSSR count). The lowest BCUT2D eigenvalue weighted by Gasteiger charge is -2.25. The number of anilines is 3. The van der Waals surface area contributed by atoms with Crippen molar-refractivity contribution in [2.75, 3.05) is 135 Å². The SMILES string of the molecule is CC(=O)CN(CCNC(=O)CN(CCNC(=O)CN(CCNC(=O)CN)C(=O)Cn1cnc2c(N)ncnc21)C(=O)Cn1cnc2c(N)ncnc21)C(=O)Cn1cnc2c(N)ncnc21.[3H]NCCOCCOCCOCCNF. The molecule has 0 aliphatic rings. The van der Waals surface area contributed by atoms with Crippen molar-refractivity contribution in [2.45, 2.75) is 26.6 Å². The lowest BCUT2D eigenvalue weighted by Crippen LogP contribution is -2.49. The molecular formula is C44H65FN24O10. The van der Waals surface area contributed by atoms with Gasteiger partial charge in [0.05, 0.1) is 84.8 Å². The minimum atomic E-state index is -0.620. The number of Topliss-reactive ketones (excluding diaryl/α,β-unsaturated/α-hetero) is 1. The third-order valence-electron chi connectivity index (χ3n) is 11.0. The van der Waals surface area contributed by atoms with Gasteiger partial charge in [-0.05, 0) is 6.92 Å². The number of carbonyl (C=O) groups is 7. The number of nitrogens with one attached hydrogen (secondary N) is 4. The average molecular weight is 1110 g/mol. The number of hydrogen-bond acceptors (Lipinski definition) is 25. The van der Waals surface area contributed by atoms with Crippen LogP contribution in [0.25, 0.3) is 33.5 Å². The molecule has 0 spiro atoms. The van der Waals surface area contributed by atoms with Crippen LogP contribution in [0, 0.1) is 0 Å². The van der Waals surface area contributed by atoms with E-state index in [2.05, 4.69) is 66.5 Å². The summed E-state index contributed by atoms with van der Waals surface area (Å²) in [6, 6.07) is 0. The monoisotopic (exact) mass is 1110 g/mol. The summed E-state index contributed by atoms with van der Waals surface area (Å²) in [5.41, 5.74) is 28.5. The van der Waals surface area contributed by atoms with E-state index in [1.54, 1.807) is 0 Å². The maximum Gasteiger partial charge on any atom is 0.243 e. The number of carbonyl (C=O) groups excluding carboxylic acids is 7. The lowest BCUT2D eigenvalue weighted by atomic mass is 10.3. The van der Waals surface area contributed by atoms with Gasteiger partial charge in [-0.15, -0.1) is 4.48 Å². The number of amides is 6. The van der Waals surface area contributed by atoms with Gasteiger partial charge in [-0.2, -0.15) is 5.54 Å². The quantitative estimate of drug-likeness (QED) is 0.0134. The first kappa shape index (κ1) is 59.5. The van der Waals surface area contributed by atoms with Crippen LogP contribution in [0.3, 0.4) is 0 Å². The van der Waals surface area contributed by atoms with Gasteiger partial charge in [0.2, 0.25) is 35.4 Å². The Kier molecular flexibility index (Phi) is 24.2. The van der Waals surface area contributed by atoms with Crippen LogP contribution >= 0.6 is 0 Å². The van der Waals surface area contributed by atoms with E-state index in [1.165, 1.54) is 78.8 Å². The molecule has 14 N–H and O–H groups in total. The van der Waals surface area contributed by atoms with Gasteiger partial charge < -0.3 is 87.2 Å². The van der Waals surface area contributed by atoms with Gasteiger partial charge in [-0.1, -0.05) is 0 Å². The smallest absolute Gasteiger partial charge is 0.243 e. The summed E-state index contributed by atoms with van der Waals surface area (Å²) in [7, 11) is 0. The molecule has 6 amide bonds. The van der Waals surface area contributed by atoms with Crippen molar-refractivity contribution in [1.82, 2.24) is 94.7 Å². The van der Waals surface area contributed by atoms with E-state index < -0.39 is 48.5 Å². The Morgan fingerprint density at radius 1 is 0.532 bits per heavy atom. The Labute approximate surface area is 451 Å². The summed E-state index contributed by atoms with van der Waals surface area (Å²) >= 11 is 0. The molecule has 79 heavy (non-hydrogen) atoms. The molecule has 0 unspecified atom stereocenters. The zero-order valence-electron chi connectivity index (χ0n) is 44.3. The summed E-state index contributed by atoms with van der Waals surface area (Å²) in [6.45, 7) is 1.93. The Hall–Kier alpha value is -8.77. The molecule has 0 atom stereocenters. The molecule has 35 heteroatoms. The highest BCUT2D eigenvalue weighted by molar-refractivity contribution is 5.89. The third-order valence-corrected chi connectivity index (χ3v) is 11.0. The van der Waals surface area contributed by atoms with Crippen molar-refractivity contribution in [3.05, 3.63) is 38.0 Å². The van der Waals surface area contributed by atoms with Crippen molar-refractivity contribution in [3.63, 3.8) is 0 Å². The molecule has 0 saturated heterocycles. The molecule has 6 heterocycles. The van der Waals surface area contributed by atoms with Gasteiger partial charge in [0.15, 0.2) is 34.4 Å². The Balaban J connectivity index is 0.000000683.